The van der Waals surface area contributed by atoms with Crippen LogP contribution in [0.15, 0.2) is 176 Å². The number of benzene rings is 7. The zero-order chi connectivity index (χ0) is 52.6. The van der Waals surface area contributed by atoms with Crippen molar-refractivity contribution in [3.63, 3.8) is 0 Å². The van der Waals surface area contributed by atoms with Gasteiger partial charge in [0.25, 0.3) is 0 Å². The Morgan fingerprint density at radius 2 is 1.29 bits per heavy atom. The van der Waals surface area contributed by atoms with Crippen LogP contribution in [-0.2, 0) is 26.5 Å². The van der Waals surface area contributed by atoms with Crippen molar-refractivity contribution in [2.45, 2.75) is 32.8 Å². The molecule has 1 N–H and O–H groups in total. The normalized spacial score (nSPS) is 16.3. The third-order valence-electron chi connectivity index (χ3n) is 9.70. The summed E-state index contributed by atoms with van der Waals surface area (Å²) in [6.45, 7) is -14.0. The van der Waals surface area contributed by atoms with Gasteiger partial charge in [-0.15, -0.1) is 23.8 Å². The molecular weight excluding hydrogens is 890 g/mol. The van der Waals surface area contributed by atoms with Crippen LogP contribution in [-0.4, -0.2) is 19.6 Å². The van der Waals surface area contributed by atoms with Crippen LogP contribution in [0.1, 0.15) is 53.6 Å². The summed E-state index contributed by atoms with van der Waals surface area (Å²) in [7, 11) is 0. The maximum Gasteiger partial charge on any atom is 0.148 e. The number of phenols is 1. The minimum Gasteiger partial charge on any atom is -0.507 e. The van der Waals surface area contributed by atoms with Gasteiger partial charge >= 0.3 is 0 Å². The molecule has 286 valence electrons. The number of aryl methyl sites for hydroxylation is 1. The summed E-state index contributed by atoms with van der Waals surface area (Å²) in [5.41, 5.74) is 1.28. The standard InChI is InChI=1S/C53H42N3O.Pt/c1-35-28-40(36-14-7-5-8-15-36)33-45(29-35)56-49-20-13-19-46(51(49)55-52(56)47-18-11-12-21-50(47)57)42-30-41(37-16-9-6-10-17-37)31-43(32-42)48-34-39(26-27-54-48)38-22-24-44(25-23-38)53(2,3)4;/h5-31,33-34,57H,1-4H3;/q-1;/i1D3,2D3,3D3,4D3,22D,23D,24D,25D;. The van der Waals surface area contributed by atoms with Crippen molar-refractivity contribution in [3.8, 4) is 78.6 Å². The zero-order valence-electron chi connectivity index (χ0n) is 46.5. The number of aromatic nitrogens is 3. The Balaban J connectivity index is 0.00000729. The van der Waals surface area contributed by atoms with Gasteiger partial charge in [-0.3, -0.25) is 9.55 Å². The topological polar surface area (TPSA) is 50.9 Å². The number of nitrogens with zero attached hydrogens (tertiary/aromatic N) is 3. The largest absolute Gasteiger partial charge is 0.507 e. The molecule has 0 radical (unpaired) electrons. The van der Waals surface area contributed by atoms with E-state index in [2.05, 4.69) is 11.1 Å². The van der Waals surface area contributed by atoms with Crippen LogP contribution in [0.2, 0.25) is 0 Å². The molecule has 0 aliphatic carbocycles. The van der Waals surface area contributed by atoms with Crippen molar-refractivity contribution in [2.75, 3.05) is 0 Å². The second-order valence-electron chi connectivity index (χ2n) is 13.6. The Bertz CT molecular complexity index is 3520. The number of imidazole rings is 1. The van der Waals surface area contributed by atoms with Gasteiger partial charge in [0.2, 0.25) is 0 Å². The van der Waals surface area contributed by atoms with E-state index in [4.69, 9.17) is 26.9 Å². The van der Waals surface area contributed by atoms with Crippen LogP contribution in [0.4, 0.5) is 0 Å². The molecule has 5 heteroatoms. The number of rotatable bonds is 7. The monoisotopic (exact) mass is 947 g/mol. The smallest absolute Gasteiger partial charge is 0.148 e. The van der Waals surface area contributed by atoms with E-state index in [1.807, 2.05) is 102 Å². The van der Waals surface area contributed by atoms with Crippen LogP contribution in [0.3, 0.4) is 0 Å². The van der Waals surface area contributed by atoms with Gasteiger partial charge in [-0.25, -0.2) is 4.98 Å². The fourth-order valence-corrected chi connectivity index (χ4v) is 6.99. The fourth-order valence-electron chi connectivity index (χ4n) is 6.99. The summed E-state index contributed by atoms with van der Waals surface area (Å²) < 4.78 is 137. The molecule has 9 rings (SSSR count). The van der Waals surface area contributed by atoms with Crippen LogP contribution in [0.5, 0.6) is 5.75 Å². The minimum atomic E-state index is -3.83. The molecule has 2 heterocycles. The van der Waals surface area contributed by atoms with E-state index in [9.17, 15) is 5.11 Å². The van der Waals surface area contributed by atoms with Gasteiger partial charge in [0, 0.05) is 55.1 Å². The number of pyridine rings is 1. The summed E-state index contributed by atoms with van der Waals surface area (Å²) >= 11 is 0. The Morgan fingerprint density at radius 3 is 2.00 bits per heavy atom. The van der Waals surface area contributed by atoms with E-state index in [1.54, 1.807) is 30.3 Å². The zero-order valence-corrected chi connectivity index (χ0v) is 32.8. The molecule has 9 aromatic rings. The molecule has 4 nitrogen and oxygen atoms in total. The second kappa shape index (κ2) is 15.9. The molecule has 0 saturated carbocycles. The molecule has 0 aliphatic heterocycles. The average molecular weight is 948 g/mol. The van der Waals surface area contributed by atoms with Crippen molar-refractivity contribution >= 4 is 11.0 Å². The number of phenolic OH excluding ortho intramolecular Hbond substituents is 1. The van der Waals surface area contributed by atoms with E-state index in [0.29, 0.717) is 55.9 Å². The van der Waals surface area contributed by atoms with Crippen LogP contribution in [0.25, 0.3) is 83.9 Å². The Hall–Kier alpha value is -6.35. The molecule has 0 spiro atoms. The first-order chi connectivity index (χ1) is 34.3. The maximum atomic E-state index is 11.3. The molecule has 0 atom stereocenters. The number of para-hydroxylation sites is 2. The summed E-state index contributed by atoms with van der Waals surface area (Å²) in [6, 6.07) is 42.2. The van der Waals surface area contributed by atoms with E-state index >= 15 is 0 Å². The van der Waals surface area contributed by atoms with Gasteiger partial charge in [0.15, 0.2) is 0 Å². The third kappa shape index (κ3) is 7.56. The molecule has 0 amide bonds. The molecule has 0 aliphatic rings. The molecular formula is C53H42N3OPt-. The molecule has 0 unspecified atom stereocenters. The second-order valence-corrected chi connectivity index (χ2v) is 13.6. The maximum absolute atomic E-state index is 11.3. The molecule has 7 aromatic carbocycles. The predicted molar refractivity (Wildman–Crippen MR) is 235 cm³/mol. The summed E-state index contributed by atoms with van der Waals surface area (Å²) in [5.74, 6) is 0.250. The first-order valence-corrected chi connectivity index (χ1v) is 18.1. The molecule has 0 bridgehead atoms. The number of fused-ring (bicyclic) bond motifs is 1. The van der Waals surface area contributed by atoms with Crippen molar-refractivity contribution in [1.82, 2.24) is 14.5 Å². The molecule has 0 fully saturated rings. The van der Waals surface area contributed by atoms with Gasteiger partial charge in [0.1, 0.15) is 11.6 Å². The number of hydrogen-bond acceptors (Lipinski definition) is 3. The quantitative estimate of drug-likeness (QED) is 0.162. The fraction of sp³-hybridized carbons (Fsp3) is 0.0943. The van der Waals surface area contributed by atoms with E-state index in [-0.39, 0.29) is 49.2 Å². The van der Waals surface area contributed by atoms with E-state index in [1.165, 1.54) is 24.4 Å². The minimum absolute atomic E-state index is 0. The van der Waals surface area contributed by atoms with Gasteiger partial charge in [-0.05, 0) is 87.6 Å². The van der Waals surface area contributed by atoms with E-state index in [0.717, 1.165) is 11.1 Å². The first-order valence-electron chi connectivity index (χ1n) is 26.1. The first kappa shape index (κ1) is 23.8. The van der Waals surface area contributed by atoms with Crippen molar-refractivity contribution < 1.29 is 48.1 Å². The summed E-state index contributed by atoms with van der Waals surface area (Å²) in [5, 5.41) is 11.3. The van der Waals surface area contributed by atoms with Crippen LogP contribution < -0.4 is 0 Å². The average Bonchev–Trinajstić information content (AvgIpc) is 3.73. The predicted octanol–water partition coefficient (Wildman–Crippen LogP) is 13.5. The third-order valence-corrected chi connectivity index (χ3v) is 9.70. The van der Waals surface area contributed by atoms with Crippen LogP contribution >= 0.6 is 0 Å². The Labute approximate surface area is 377 Å². The van der Waals surface area contributed by atoms with E-state index < -0.39 is 62.6 Å². The molecule has 58 heavy (non-hydrogen) atoms. The van der Waals surface area contributed by atoms with Crippen molar-refractivity contribution in [2.24, 2.45) is 0 Å². The number of aromatic hydroxyl groups is 1. The van der Waals surface area contributed by atoms with Gasteiger partial charge in [0.05, 0.1) is 22.1 Å². The molecule has 2 aromatic heterocycles. The Kier molecular flexibility index (Phi) is 6.51. The SMILES string of the molecule is [2H]c1c([2H])c(C(C([2H])([2H])[2H])(C([2H])([2H])[2H])C([2H])([2H])[2H])c([2H])c([2H])c1-c1ccnc(-c2[c-]c(-c3cccc4c3nc(-c3ccccc3O)n4-c3cc(-c4ccccc4)cc(C([2H])([2H])[2H])c3)cc(-c3ccccc3)c2)c1.[Pt]. The van der Waals surface area contributed by atoms with Gasteiger partial charge < -0.3 is 5.11 Å². The van der Waals surface area contributed by atoms with Crippen LogP contribution in [0, 0.1) is 12.9 Å². The van der Waals surface area contributed by atoms with Crippen molar-refractivity contribution in [3.05, 3.63) is 193 Å². The summed E-state index contributed by atoms with van der Waals surface area (Å²) in [4.78, 5) is 9.83. The molecule has 0 saturated heterocycles. The van der Waals surface area contributed by atoms with Gasteiger partial charge in [-0.2, -0.15) is 0 Å². The number of hydrogen-bond donors (Lipinski definition) is 1. The van der Waals surface area contributed by atoms with Gasteiger partial charge in [-0.1, -0.05) is 158 Å². The Morgan fingerprint density at radius 1 is 0.621 bits per heavy atom. The summed E-state index contributed by atoms with van der Waals surface area (Å²) in [6.07, 6.45) is 1.36. The van der Waals surface area contributed by atoms with Crippen molar-refractivity contribution in [1.29, 1.82) is 0 Å².